The van der Waals surface area contributed by atoms with Crippen LogP contribution in [0.3, 0.4) is 0 Å². The van der Waals surface area contributed by atoms with Crippen LogP contribution in [0.4, 0.5) is 0 Å². The molecule has 0 bridgehead atoms. The summed E-state index contributed by atoms with van der Waals surface area (Å²) in [5, 5.41) is 0.766. The summed E-state index contributed by atoms with van der Waals surface area (Å²) < 4.78 is 2.41. The number of likely N-dealkylation sites (tertiary alicyclic amines) is 1. The molecule has 1 saturated heterocycles. The van der Waals surface area contributed by atoms with Crippen LogP contribution in [-0.4, -0.2) is 34.1 Å². The average molecular weight is 268 g/mol. The van der Waals surface area contributed by atoms with Gasteiger partial charge in [-0.3, -0.25) is 0 Å². The van der Waals surface area contributed by atoms with Crippen LogP contribution in [0, 0.1) is 0 Å². The first-order chi connectivity index (χ1) is 8.79. The van der Waals surface area contributed by atoms with Gasteiger partial charge in [-0.15, -0.1) is 0 Å². The largest absolute Gasteiger partial charge is 0.330 e. The zero-order valence-electron chi connectivity index (χ0n) is 11.2. The Kier molecular flexibility index (Phi) is 3.62. The molecule has 0 aliphatic carbocycles. The predicted molar refractivity (Wildman–Crippen MR) is 74.3 cm³/mol. The summed E-state index contributed by atoms with van der Waals surface area (Å²) in [6.45, 7) is 6.96. The molecule has 100 valence electrons. The van der Waals surface area contributed by atoms with E-state index in [0.29, 0.717) is 5.92 Å². The van der Waals surface area contributed by atoms with E-state index < -0.39 is 0 Å². The molecule has 3 heterocycles. The van der Waals surface area contributed by atoms with Gasteiger partial charge in [0.15, 0.2) is 5.15 Å². The summed E-state index contributed by atoms with van der Waals surface area (Å²) in [5.41, 5.74) is 1.29. The lowest BCUT2D eigenvalue weighted by Gasteiger charge is -2.31. The van der Waals surface area contributed by atoms with E-state index in [2.05, 4.69) is 21.4 Å². The standard InChI is InChI=1S/C14H22ClN3/c1-2-17-9-6-11(7-10-17)14-16-13(15)12-5-3-4-8-18(12)14/h11H,2-10H2,1H3. The van der Waals surface area contributed by atoms with E-state index in [1.54, 1.807) is 0 Å². The number of halogens is 1. The van der Waals surface area contributed by atoms with Gasteiger partial charge in [0, 0.05) is 12.5 Å². The normalized spacial score (nSPS) is 22.1. The van der Waals surface area contributed by atoms with Crippen LogP contribution in [0.25, 0.3) is 0 Å². The van der Waals surface area contributed by atoms with Gasteiger partial charge in [0.2, 0.25) is 0 Å². The third-order valence-electron chi connectivity index (χ3n) is 4.50. The second-order valence-electron chi connectivity index (χ2n) is 5.52. The number of hydrogen-bond donors (Lipinski definition) is 0. The Morgan fingerprint density at radius 1 is 1.22 bits per heavy atom. The van der Waals surface area contributed by atoms with Crippen molar-refractivity contribution in [1.82, 2.24) is 14.5 Å². The zero-order chi connectivity index (χ0) is 12.5. The van der Waals surface area contributed by atoms with Crippen molar-refractivity contribution < 1.29 is 0 Å². The van der Waals surface area contributed by atoms with Gasteiger partial charge in [-0.25, -0.2) is 4.98 Å². The number of rotatable bonds is 2. The Balaban J connectivity index is 1.80. The van der Waals surface area contributed by atoms with Crippen molar-refractivity contribution in [1.29, 1.82) is 0 Å². The van der Waals surface area contributed by atoms with Gasteiger partial charge in [0.25, 0.3) is 0 Å². The first-order valence-corrected chi connectivity index (χ1v) is 7.64. The van der Waals surface area contributed by atoms with Gasteiger partial charge >= 0.3 is 0 Å². The molecule has 0 radical (unpaired) electrons. The van der Waals surface area contributed by atoms with Crippen molar-refractivity contribution in [3.63, 3.8) is 0 Å². The maximum atomic E-state index is 6.30. The average Bonchev–Trinajstić information content (AvgIpc) is 2.77. The maximum absolute atomic E-state index is 6.30. The molecular weight excluding hydrogens is 246 g/mol. The van der Waals surface area contributed by atoms with Crippen molar-refractivity contribution in [2.24, 2.45) is 0 Å². The quantitative estimate of drug-likeness (QED) is 0.821. The highest BCUT2D eigenvalue weighted by Crippen LogP contribution is 2.33. The van der Waals surface area contributed by atoms with Crippen molar-refractivity contribution in [3.05, 3.63) is 16.7 Å². The summed E-state index contributed by atoms with van der Waals surface area (Å²) in [6, 6.07) is 0. The fourth-order valence-electron chi connectivity index (χ4n) is 3.34. The van der Waals surface area contributed by atoms with Gasteiger partial charge in [-0.05, 0) is 51.7 Å². The third-order valence-corrected chi connectivity index (χ3v) is 4.80. The summed E-state index contributed by atoms with van der Waals surface area (Å²) in [6.07, 6.45) is 6.13. The highest BCUT2D eigenvalue weighted by Gasteiger charge is 2.27. The smallest absolute Gasteiger partial charge is 0.150 e. The first kappa shape index (κ1) is 12.5. The van der Waals surface area contributed by atoms with E-state index >= 15 is 0 Å². The molecule has 0 aromatic carbocycles. The Morgan fingerprint density at radius 2 is 2.00 bits per heavy atom. The Morgan fingerprint density at radius 3 is 2.72 bits per heavy atom. The highest BCUT2D eigenvalue weighted by molar-refractivity contribution is 6.30. The van der Waals surface area contributed by atoms with Crippen LogP contribution in [-0.2, 0) is 13.0 Å². The van der Waals surface area contributed by atoms with E-state index in [9.17, 15) is 0 Å². The molecule has 2 aliphatic rings. The molecule has 0 unspecified atom stereocenters. The number of piperidine rings is 1. The van der Waals surface area contributed by atoms with Gasteiger partial charge in [-0.2, -0.15) is 0 Å². The molecule has 1 fully saturated rings. The molecule has 3 nitrogen and oxygen atoms in total. The summed E-state index contributed by atoms with van der Waals surface area (Å²) in [7, 11) is 0. The minimum Gasteiger partial charge on any atom is -0.330 e. The lowest BCUT2D eigenvalue weighted by molar-refractivity contribution is 0.216. The van der Waals surface area contributed by atoms with Gasteiger partial charge in [0.05, 0.1) is 5.69 Å². The molecule has 3 rings (SSSR count). The monoisotopic (exact) mass is 267 g/mol. The molecule has 0 amide bonds. The fourth-order valence-corrected chi connectivity index (χ4v) is 3.63. The minimum atomic E-state index is 0.622. The minimum absolute atomic E-state index is 0.622. The maximum Gasteiger partial charge on any atom is 0.150 e. The molecule has 18 heavy (non-hydrogen) atoms. The second kappa shape index (κ2) is 5.22. The summed E-state index contributed by atoms with van der Waals surface area (Å²) >= 11 is 6.30. The van der Waals surface area contributed by atoms with Crippen molar-refractivity contribution >= 4 is 11.6 Å². The number of fused-ring (bicyclic) bond motifs is 1. The predicted octanol–water partition coefficient (Wildman–Crippen LogP) is 3.07. The molecule has 0 atom stereocenters. The van der Waals surface area contributed by atoms with E-state index in [1.807, 2.05) is 0 Å². The fraction of sp³-hybridized carbons (Fsp3) is 0.786. The van der Waals surface area contributed by atoms with E-state index in [4.69, 9.17) is 11.6 Å². The van der Waals surface area contributed by atoms with Crippen LogP contribution >= 0.6 is 11.6 Å². The topological polar surface area (TPSA) is 21.1 Å². The van der Waals surface area contributed by atoms with Crippen LogP contribution in [0.15, 0.2) is 0 Å². The lowest BCUT2D eigenvalue weighted by Crippen LogP contribution is -2.33. The Hall–Kier alpha value is -0.540. The number of nitrogens with zero attached hydrogens (tertiary/aromatic N) is 3. The number of imidazole rings is 1. The van der Waals surface area contributed by atoms with E-state index in [-0.39, 0.29) is 0 Å². The van der Waals surface area contributed by atoms with E-state index in [0.717, 1.165) is 18.1 Å². The summed E-state index contributed by atoms with van der Waals surface area (Å²) in [5.74, 6) is 1.89. The molecule has 1 aromatic heterocycles. The van der Waals surface area contributed by atoms with Gasteiger partial charge in [0.1, 0.15) is 5.82 Å². The molecule has 1 aromatic rings. The zero-order valence-corrected chi connectivity index (χ0v) is 11.9. The van der Waals surface area contributed by atoms with Crippen molar-refractivity contribution in [2.75, 3.05) is 19.6 Å². The van der Waals surface area contributed by atoms with E-state index in [1.165, 1.54) is 56.8 Å². The summed E-state index contributed by atoms with van der Waals surface area (Å²) in [4.78, 5) is 7.20. The number of aromatic nitrogens is 2. The molecule has 0 N–H and O–H groups in total. The molecule has 4 heteroatoms. The molecule has 0 saturated carbocycles. The van der Waals surface area contributed by atoms with Gasteiger partial charge < -0.3 is 9.47 Å². The Bertz CT molecular complexity index is 419. The first-order valence-electron chi connectivity index (χ1n) is 7.26. The van der Waals surface area contributed by atoms with Crippen LogP contribution < -0.4 is 0 Å². The SMILES string of the molecule is CCN1CCC(c2nc(Cl)c3n2CCCC3)CC1. The molecule has 0 spiro atoms. The highest BCUT2D eigenvalue weighted by atomic mass is 35.5. The van der Waals surface area contributed by atoms with Crippen LogP contribution in [0.5, 0.6) is 0 Å². The molecular formula is C14H22ClN3. The Labute approximate surface area is 114 Å². The molecule has 2 aliphatic heterocycles. The lowest BCUT2D eigenvalue weighted by atomic mass is 9.95. The van der Waals surface area contributed by atoms with Crippen molar-refractivity contribution in [2.45, 2.75) is 51.5 Å². The van der Waals surface area contributed by atoms with Gasteiger partial charge in [-0.1, -0.05) is 18.5 Å². The second-order valence-corrected chi connectivity index (χ2v) is 5.88. The number of hydrogen-bond acceptors (Lipinski definition) is 2. The van der Waals surface area contributed by atoms with Crippen molar-refractivity contribution in [3.8, 4) is 0 Å². The third kappa shape index (κ3) is 2.19. The van der Waals surface area contributed by atoms with Crippen LogP contribution in [0.2, 0.25) is 5.15 Å². The van der Waals surface area contributed by atoms with Crippen LogP contribution in [0.1, 0.15) is 50.0 Å².